The van der Waals surface area contributed by atoms with Gasteiger partial charge in [-0.25, -0.2) is 0 Å². The molecule has 2 aromatic carbocycles. The van der Waals surface area contributed by atoms with Gasteiger partial charge in [0.1, 0.15) is 23.1 Å². The lowest BCUT2D eigenvalue weighted by molar-refractivity contribution is -0.385. The van der Waals surface area contributed by atoms with Crippen molar-refractivity contribution in [2.24, 2.45) is 5.73 Å². The van der Waals surface area contributed by atoms with E-state index in [2.05, 4.69) is 0 Å². The Kier molecular flexibility index (Phi) is 3.74. The maximum atomic E-state index is 11.7. The second-order valence-corrected chi connectivity index (χ2v) is 5.85. The number of benzene rings is 2. The first-order valence-corrected chi connectivity index (χ1v) is 7.87. The van der Waals surface area contributed by atoms with Gasteiger partial charge in [-0.3, -0.25) is 10.1 Å². The second kappa shape index (κ2) is 6.10. The average molecular weight is 367 g/mol. The molecule has 2 aliphatic heterocycles. The number of ether oxygens (including phenoxy) is 4. The van der Waals surface area contributed by atoms with Crippen LogP contribution in [-0.4, -0.2) is 18.8 Å². The fourth-order valence-corrected chi connectivity index (χ4v) is 3.22. The summed E-state index contributed by atoms with van der Waals surface area (Å²) in [4.78, 5) is 11.2. The minimum atomic E-state index is -0.792. The highest BCUT2D eigenvalue weighted by molar-refractivity contribution is 5.65. The van der Waals surface area contributed by atoms with Gasteiger partial charge in [-0.15, -0.1) is 0 Å². The van der Waals surface area contributed by atoms with Gasteiger partial charge in [0, 0.05) is 17.2 Å². The molecule has 0 saturated carbocycles. The Hall–Kier alpha value is -3.93. The summed E-state index contributed by atoms with van der Waals surface area (Å²) in [5, 5.41) is 21.3. The fraction of sp³-hybridized carbons (Fsp3) is 0.167. The smallest absolute Gasteiger partial charge is 0.277 e. The lowest BCUT2D eigenvalue weighted by atomic mass is 9.82. The Bertz CT molecular complexity index is 1040. The first-order chi connectivity index (χ1) is 13.0. The van der Waals surface area contributed by atoms with Gasteiger partial charge in [0.2, 0.25) is 12.7 Å². The summed E-state index contributed by atoms with van der Waals surface area (Å²) < 4.78 is 21.3. The van der Waals surface area contributed by atoms with Crippen molar-refractivity contribution in [3.05, 3.63) is 63.0 Å². The monoisotopic (exact) mass is 367 g/mol. The molecule has 136 valence electrons. The number of nitrogens with two attached hydrogens (primary N) is 1. The van der Waals surface area contributed by atoms with Crippen molar-refractivity contribution in [2.75, 3.05) is 13.9 Å². The van der Waals surface area contributed by atoms with Gasteiger partial charge in [-0.1, -0.05) is 6.07 Å². The van der Waals surface area contributed by atoms with E-state index in [0.717, 1.165) is 0 Å². The van der Waals surface area contributed by atoms with Crippen LogP contribution in [0.15, 0.2) is 41.8 Å². The van der Waals surface area contributed by atoms with E-state index < -0.39 is 10.8 Å². The average Bonchev–Trinajstić information content (AvgIpc) is 3.12. The Balaban J connectivity index is 1.98. The van der Waals surface area contributed by atoms with E-state index in [1.807, 2.05) is 6.07 Å². The van der Waals surface area contributed by atoms with Crippen molar-refractivity contribution in [2.45, 2.75) is 5.92 Å². The van der Waals surface area contributed by atoms with Crippen LogP contribution in [0.25, 0.3) is 0 Å². The molecule has 0 bridgehead atoms. The third-order valence-corrected chi connectivity index (χ3v) is 4.46. The summed E-state index contributed by atoms with van der Waals surface area (Å²) in [5.74, 6) is 0.634. The van der Waals surface area contributed by atoms with Crippen LogP contribution < -0.4 is 24.7 Å². The van der Waals surface area contributed by atoms with Gasteiger partial charge in [0.05, 0.1) is 24.0 Å². The summed E-state index contributed by atoms with van der Waals surface area (Å²) in [7, 11) is 1.50. The van der Waals surface area contributed by atoms with E-state index in [9.17, 15) is 15.4 Å². The number of nitro groups is 1. The maximum Gasteiger partial charge on any atom is 0.277 e. The van der Waals surface area contributed by atoms with Crippen LogP contribution in [0.4, 0.5) is 5.69 Å². The van der Waals surface area contributed by atoms with Crippen molar-refractivity contribution < 1.29 is 23.9 Å². The number of fused-ring (bicyclic) bond motifs is 2. The van der Waals surface area contributed by atoms with Crippen LogP contribution in [-0.2, 0) is 0 Å². The third kappa shape index (κ3) is 2.55. The molecule has 1 atom stereocenters. The summed E-state index contributed by atoms with van der Waals surface area (Å²) >= 11 is 0. The summed E-state index contributed by atoms with van der Waals surface area (Å²) in [5.41, 5.74) is 6.63. The number of nitrogens with zero attached hydrogens (tertiary/aromatic N) is 2. The quantitative estimate of drug-likeness (QED) is 0.647. The molecular weight excluding hydrogens is 354 g/mol. The molecule has 2 N–H and O–H groups in total. The van der Waals surface area contributed by atoms with Gasteiger partial charge in [-0.2, -0.15) is 5.26 Å². The standard InChI is InChI=1S/C18H13N3O6/c1-24-9-2-3-10-14(4-9)27-18(20)12(7-19)17(10)11-5-15-16(26-8-25-15)6-13(11)21(22)23/h2-6,17H,8,20H2,1H3/t17-/m0/s1. The maximum absolute atomic E-state index is 11.7. The van der Waals surface area contributed by atoms with Crippen LogP contribution in [0.5, 0.6) is 23.0 Å². The van der Waals surface area contributed by atoms with Gasteiger partial charge < -0.3 is 24.7 Å². The molecule has 0 amide bonds. The highest BCUT2D eigenvalue weighted by Crippen LogP contribution is 2.49. The van der Waals surface area contributed by atoms with Crippen molar-refractivity contribution in [3.8, 4) is 29.1 Å². The Morgan fingerprint density at radius 3 is 2.63 bits per heavy atom. The predicted molar refractivity (Wildman–Crippen MR) is 91.5 cm³/mol. The molecule has 0 saturated heterocycles. The number of hydrogen-bond acceptors (Lipinski definition) is 8. The topological polar surface area (TPSA) is 130 Å². The molecule has 2 aliphatic rings. The number of allylic oxidation sites excluding steroid dienone is 1. The molecule has 0 fully saturated rings. The molecule has 4 rings (SSSR count). The molecular formula is C18H13N3O6. The minimum Gasteiger partial charge on any atom is -0.497 e. The third-order valence-electron chi connectivity index (χ3n) is 4.46. The first-order valence-electron chi connectivity index (χ1n) is 7.87. The number of nitriles is 1. The van der Waals surface area contributed by atoms with Crippen LogP contribution >= 0.6 is 0 Å². The number of nitro benzene ring substituents is 1. The molecule has 0 aliphatic carbocycles. The number of hydrogen-bond donors (Lipinski definition) is 1. The van der Waals surface area contributed by atoms with E-state index in [1.54, 1.807) is 18.2 Å². The van der Waals surface area contributed by atoms with E-state index in [0.29, 0.717) is 22.8 Å². The lowest BCUT2D eigenvalue weighted by Crippen LogP contribution is -2.21. The van der Waals surface area contributed by atoms with Gasteiger partial charge in [-0.05, 0) is 12.1 Å². The zero-order valence-corrected chi connectivity index (χ0v) is 14.1. The van der Waals surface area contributed by atoms with E-state index in [-0.39, 0.29) is 35.2 Å². The van der Waals surface area contributed by atoms with Gasteiger partial charge in [0.15, 0.2) is 11.5 Å². The van der Waals surface area contributed by atoms with Crippen LogP contribution in [0, 0.1) is 21.4 Å². The Morgan fingerprint density at radius 2 is 1.96 bits per heavy atom. The van der Waals surface area contributed by atoms with Crippen LogP contribution in [0.1, 0.15) is 17.0 Å². The second-order valence-electron chi connectivity index (χ2n) is 5.85. The van der Waals surface area contributed by atoms with Crippen molar-refractivity contribution in [1.29, 1.82) is 5.26 Å². The zero-order valence-electron chi connectivity index (χ0n) is 14.1. The summed E-state index contributed by atoms with van der Waals surface area (Å²) in [6.07, 6.45) is 0. The molecule has 9 heteroatoms. The van der Waals surface area contributed by atoms with Gasteiger partial charge >= 0.3 is 0 Å². The zero-order chi connectivity index (χ0) is 19.1. The van der Waals surface area contributed by atoms with E-state index in [1.165, 1.54) is 19.2 Å². The van der Waals surface area contributed by atoms with Crippen LogP contribution in [0.3, 0.4) is 0 Å². The van der Waals surface area contributed by atoms with E-state index in [4.69, 9.17) is 24.7 Å². The van der Waals surface area contributed by atoms with Crippen molar-refractivity contribution in [3.63, 3.8) is 0 Å². The fourth-order valence-electron chi connectivity index (χ4n) is 3.22. The number of methoxy groups -OCH3 is 1. The largest absolute Gasteiger partial charge is 0.497 e. The SMILES string of the molecule is COc1ccc2c(c1)OC(N)=C(C#N)[C@@H]2c1cc2c(cc1[N+](=O)[O-])OCO2. The normalized spacial score (nSPS) is 17.0. The first kappa shape index (κ1) is 16.5. The van der Waals surface area contributed by atoms with Gasteiger partial charge in [0.25, 0.3) is 5.69 Å². The number of rotatable bonds is 3. The molecule has 0 unspecified atom stereocenters. The highest BCUT2D eigenvalue weighted by Gasteiger charge is 2.37. The predicted octanol–water partition coefficient (Wildman–Crippen LogP) is 2.55. The molecule has 9 nitrogen and oxygen atoms in total. The van der Waals surface area contributed by atoms with Crippen molar-refractivity contribution >= 4 is 5.69 Å². The minimum absolute atomic E-state index is 0.0272. The van der Waals surface area contributed by atoms with Crippen molar-refractivity contribution in [1.82, 2.24) is 0 Å². The molecule has 27 heavy (non-hydrogen) atoms. The summed E-state index contributed by atoms with van der Waals surface area (Å²) in [6, 6.07) is 9.80. The Labute approximate surface area is 153 Å². The molecule has 0 radical (unpaired) electrons. The van der Waals surface area contributed by atoms with Crippen LogP contribution in [0.2, 0.25) is 0 Å². The lowest BCUT2D eigenvalue weighted by Gasteiger charge is -2.26. The highest BCUT2D eigenvalue weighted by atomic mass is 16.7. The molecule has 2 aromatic rings. The summed E-state index contributed by atoms with van der Waals surface area (Å²) in [6.45, 7) is -0.0272. The van der Waals surface area contributed by atoms with E-state index >= 15 is 0 Å². The molecule has 0 aromatic heterocycles. The Morgan fingerprint density at radius 1 is 1.22 bits per heavy atom. The molecule has 0 spiro atoms. The molecule has 2 heterocycles.